The normalized spacial score (nSPS) is 11.2. The van der Waals surface area contributed by atoms with Crippen LogP contribution in [0.25, 0.3) is 28.1 Å². The summed E-state index contributed by atoms with van der Waals surface area (Å²) in [6.45, 7) is 0. The van der Waals surface area contributed by atoms with Gasteiger partial charge in [-0.15, -0.1) is 0 Å². The number of anilines is 1. The fourth-order valence-corrected chi connectivity index (χ4v) is 3.41. The van der Waals surface area contributed by atoms with Crippen LogP contribution in [0.15, 0.2) is 90.2 Å². The van der Waals surface area contributed by atoms with Crippen LogP contribution >= 0.6 is 0 Å². The van der Waals surface area contributed by atoms with Gasteiger partial charge in [-0.05, 0) is 35.9 Å². The second kappa shape index (κ2) is 8.80. The number of aromatic hydroxyl groups is 1. The van der Waals surface area contributed by atoms with Crippen molar-refractivity contribution in [3.63, 3.8) is 0 Å². The van der Waals surface area contributed by atoms with E-state index in [-0.39, 0.29) is 5.75 Å². The number of fused-ring (bicyclic) bond motifs is 1. The summed E-state index contributed by atoms with van der Waals surface area (Å²) in [7, 11) is 1.50. The predicted molar refractivity (Wildman–Crippen MR) is 128 cm³/mol. The van der Waals surface area contributed by atoms with Crippen LogP contribution in [0.2, 0.25) is 0 Å². The molecule has 0 fully saturated rings. The van der Waals surface area contributed by atoms with Gasteiger partial charge in [0.15, 0.2) is 28.8 Å². The number of methoxy groups -OCH3 is 1. The van der Waals surface area contributed by atoms with Gasteiger partial charge < -0.3 is 9.84 Å². The zero-order valence-electron chi connectivity index (χ0n) is 17.8. The first kappa shape index (κ1) is 20.2. The second-order valence-electron chi connectivity index (χ2n) is 7.19. The Labute approximate surface area is 189 Å². The van der Waals surface area contributed by atoms with Gasteiger partial charge in [-0.1, -0.05) is 48.5 Å². The molecule has 0 spiro atoms. The minimum Gasteiger partial charge on any atom is -0.504 e. The molecule has 0 saturated carbocycles. The maximum absolute atomic E-state index is 9.78. The molecule has 5 rings (SSSR count). The van der Waals surface area contributed by atoms with Gasteiger partial charge in [-0.3, -0.25) is 5.43 Å². The lowest BCUT2D eigenvalue weighted by molar-refractivity contribution is 0.373. The van der Waals surface area contributed by atoms with Crippen LogP contribution in [-0.2, 0) is 0 Å². The molecule has 2 heterocycles. The van der Waals surface area contributed by atoms with Gasteiger partial charge in [0, 0.05) is 5.56 Å². The van der Waals surface area contributed by atoms with Gasteiger partial charge in [-0.25, -0.2) is 14.6 Å². The molecule has 0 unspecified atom stereocenters. The van der Waals surface area contributed by atoms with Crippen molar-refractivity contribution in [2.45, 2.75) is 0 Å². The molecule has 0 bridgehead atoms. The highest BCUT2D eigenvalue weighted by Crippen LogP contribution is 2.27. The summed E-state index contributed by atoms with van der Waals surface area (Å²) in [6, 6.07) is 24.6. The molecule has 162 valence electrons. The highest BCUT2D eigenvalue weighted by atomic mass is 16.5. The Morgan fingerprint density at radius 2 is 1.73 bits per heavy atom. The Morgan fingerprint density at radius 1 is 0.970 bits per heavy atom. The summed E-state index contributed by atoms with van der Waals surface area (Å²) in [5, 5.41) is 19.4. The lowest BCUT2D eigenvalue weighted by Crippen LogP contribution is -2.02. The molecular weight excluding hydrogens is 416 g/mol. The van der Waals surface area contributed by atoms with E-state index in [2.05, 4.69) is 15.6 Å². The fraction of sp³-hybridized carbons (Fsp3) is 0.0400. The Balaban J connectivity index is 1.56. The van der Waals surface area contributed by atoms with E-state index < -0.39 is 0 Å². The van der Waals surface area contributed by atoms with Crippen molar-refractivity contribution in [1.29, 1.82) is 0 Å². The molecule has 33 heavy (non-hydrogen) atoms. The molecule has 0 atom stereocenters. The number of aromatic nitrogens is 4. The number of ether oxygens (including phenoxy) is 1. The zero-order valence-corrected chi connectivity index (χ0v) is 17.8. The van der Waals surface area contributed by atoms with E-state index in [0.717, 1.165) is 22.2 Å². The quantitative estimate of drug-likeness (QED) is 0.297. The van der Waals surface area contributed by atoms with Gasteiger partial charge in [0.1, 0.15) is 0 Å². The van der Waals surface area contributed by atoms with E-state index in [1.807, 2.05) is 60.7 Å². The minimum atomic E-state index is 0.0703. The maximum Gasteiger partial charge on any atom is 0.169 e. The lowest BCUT2D eigenvalue weighted by atomic mass is 10.2. The molecule has 3 aromatic carbocycles. The number of rotatable bonds is 6. The van der Waals surface area contributed by atoms with Gasteiger partial charge in [-0.2, -0.15) is 10.2 Å². The number of nitrogens with one attached hydrogen (secondary N) is 1. The minimum absolute atomic E-state index is 0.0703. The van der Waals surface area contributed by atoms with Gasteiger partial charge >= 0.3 is 0 Å². The van der Waals surface area contributed by atoms with Crippen molar-refractivity contribution in [1.82, 2.24) is 19.7 Å². The Kier molecular flexibility index (Phi) is 5.38. The van der Waals surface area contributed by atoms with Crippen LogP contribution in [0.5, 0.6) is 11.5 Å². The average molecular weight is 436 g/mol. The molecule has 2 aromatic heterocycles. The first-order chi connectivity index (χ1) is 16.2. The SMILES string of the molecule is COc1cc(/C=N/Nc2nc(-c3ccccc3)nc3c2cnn3-c2ccccc2)ccc1O. The van der Waals surface area contributed by atoms with E-state index in [1.54, 1.807) is 35.3 Å². The van der Waals surface area contributed by atoms with Crippen LogP contribution in [0.1, 0.15) is 5.56 Å². The molecular formula is C25H20N6O2. The molecule has 2 N–H and O–H groups in total. The van der Waals surface area contributed by atoms with Crippen molar-refractivity contribution in [2.24, 2.45) is 5.10 Å². The number of hydrazone groups is 1. The van der Waals surface area contributed by atoms with Crippen LogP contribution < -0.4 is 10.2 Å². The average Bonchev–Trinajstić information content (AvgIpc) is 3.30. The maximum atomic E-state index is 9.78. The molecule has 0 aliphatic carbocycles. The molecule has 8 nitrogen and oxygen atoms in total. The molecule has 0 aliphatic rings. The van der Waals surface area contributed by atoms with E-state index in [0.29, 0.717) is 23.0 Å². The summed E-state index contributed by atoms with van der Waals surface area (Å²) < 4.78 is 6.93. The number of para-hydroxylation sites is 1. The largest absolute Gasteiger partial charge is 0.504 e. The van der Waals surface area contributed by atoms with Gasteiger partial charge in [0.25, 0.3) is 0 Å². The van der Waals surface area contributed by atoms with Gasteiger partial charge in [0.2, 0.25) is 0 Å². The third-order valence-corrected chi connectivity index (χ3v) is 5.05. The highest BCUT2D eigenvalue weighted by Gasteiger charge is 2.15. The number of hydrogen-bond donors (Lipinski definition) is 2. The van der Waals surface area contributed by atoms with Crippen molar-refractivity contribution in [2.75, 3.05) is 12.5 Å². The highest BCUT2D eigenvalue weighted by molar-refractivity contribution is 5.90. The third-order valence-electron chi connectivity index (χ3n) is 5.05. The summed E-state index contributed by atoms with van der Waals surface area (Å²) in [5.41, 5.74) is 6.23. The Hall–Kier alpha value is -4.72. The Bertz CT molecular complexity index is 1430. The van der Waals surface area contributed by atoms with Crippen LogP contribution in [-0.4, -0.2) is 38.2 Å². The molecule has 0 aliphatic heterocycles. The second-order valence-corrected chi connectivity index (χ2v) is 7.19. The summed E-state index contributed by atoms with van der Waals surface area (Å²) in [5.74, 6) is 1.53. The smallest absolute Gasteiger partial charge is 0.169 e. The third kappa shape index (κ3) is 4.09. The molecule has 5 aromatic rings. The van der Waals surface area contributed by atoms with E-state index >= 15 is 0 Å². The van der Waals surface area contributed by atoms with Gasteiger partial charge in [0.05, 0.1) is 30.6 Å². The van der Waals surface area contributed by atoms with Crippen molar-refractivity contribution >= 4 is 23.1 Å². The summed E-state index contributed by atoms with van der Waals surface area (Å²) >= 11 is 0. The first-order valence-corrected chi connectivity index (χ1v) is 10.3. The fourth-order valence-electron chi connectivity index (χ4n) is 3.41. The molecule has 0 saturated heterocycles. The number of phenols is 1. The van der Waals surface area contributed by atoms with Crippen LogP contribution in [0, 0.1) is 0 Å². The van der Waals surface area contributed by atoms with Crippen LogP contribution in [0.4, 0.5) is 5.82 Å². The number of benzene rings is 3. The van der Waals surface area contributed by atoms with E-state index in [4.69, 9.17) is 14.7 Å². The topological polar surface area (TPSA) is 97.5 Å². The zero-order chi connectivity index (χ0) is 22.6. The lowest BCUT2D eigenvalue weighted by Gasteiger charge is -2.08. The monoisotopic (exact) mass is 436 g/mol. The van der Waals surface area contributed by atoms with Crippen molar-refractivity contribution < 1.29 is 9.84 Å². The Morgan fingerprint density at radius 3 is 2.48 bits per heavy atom. The van der Waals surface area contributed by atoms with Crippen LogP contribution in [0.3, 0.4) is 0 Å². The standard InChI is InChI=1S/C25H20N6O2/c1-33-22-14-17(12-13-21(22)32)15-26-30-24-20-16-27-31(19-10-6-3-7-11-19)25(20)29-23(28-24)18-8-4-2-5-9-18/h2-16,32H,1H3,(H,28,29,30)/b26-15+. The van der Waals surface area contributed by atoms with E-state index in [9.17, 15) is 5.11 Å². The first-order valence-electron chi connectivity index (χ1n) is 10.3. The summed E-state index contributed by atoms with van der Waals surface area (Å²) in [4.78, 5) is 9.50. The number of nitrogens with zero attached hydrogens (tertiary/aromatic N) is 5. The predicted octanol–water partition coefficient (Wildman–Crippen LogP) is 4.64. The van der Waals surface area contributed by atoms with E-state index in [1.165, 1.54) is 7.11 Å². The number of phenolic OH excluding ortho intramolecular Hbond substituents is 1. The van der Waals surface area contributed by atoms with Crippen molar-refractivity contribution in [3.05, 3.63) is 90.6 Å². The molecule has 8 heteroatoms. The summed E-state index contributed by atoms with van der Waals surface area (Å²) in [6.07, 6.45) is 3.35. The molecule has 0 amide bonds. The van der Waals surface area contributed by atoms with Crippen molar-refractivity contribution in [3.8, 4) is 28.6 Å². The number of hydrogen-bond acceptors (Lipinski definition) is 7. The molecule has 0 radical (unpaired) electrons.